The third-order valence-corrected chi connectivity index (χ3v) is 7.87. The van der Waals surface area contributed by atoms with Gasteiger partial charge in [0.05, 0.1) is 11.3 Å². The fraction of sp³-hybridized carbons (Fsp3) is 0.227. The number of sulfone groups is 1. The van der Waals surface area contributed by atoms with E-state index in [0.29, 0.717) is 17.0 Å². The first-order valence-electron chi connectivity index (χ1n) is 9.27. The highest BCUT2D eigenvalue weighted by Crippen LogP contribution is 2.37. The van der Waals surface area contributed by atoms with Gasteiger partial charge in [0.2, 0.25) is 9.84 Å². The molecule has 0 atom stereocenters. The Morgan fingerprint density at radius 2 is 1.87 bits per heavy atom. The molecule has 0 amide bonds. The number of thiophene rings is 1. The van der Waals surface area contributed by atoms with Crippen LogP contribution in [0.5, 0.6) is 0 Å². The molecular formula is C22H19F3N2O2S2. The quantitative estimate of drug-likeness (QED) is 0.415. The first-order chi connectivity index (χ1) is 14.5. The molecule has 0 spiro atoms. The number of para-hydroxylation sites is 1. The maximum atomic E-state index is 13.6. The van der Waals surface area contributed by atoms with Gasteiger partial charge in [-0.25, -0.2) is 8.42 Å². The molecule has 162 valence electrons. The molecule has 0 aliphatic rings. The van der Waals surface area contributed by atoms with Gasteiger partial charge >= 0.3 is 6.18 Å². The van der Waals surface area contributed by atoms with Crippen molar-refractivity contribution in [2.24, 2.45) is 0 Å². The summed E-state index contributed by atoms with van der Waals surface area (Å²) in [6, 6.07) is 11.6. The molecule has 31 heavy (non-hydrogen) atoms. The van der Waals surface area contributed by atoms with E-state index >= 15 is 0 Å². The van der Waals surface area contributed by atoms with Gasteiger partial charge in [-0.1, -0.05) is 32.0 Å². The van der Waals surface area contributed by atoms with Crippen LogP contribution in [-0.4, -0.2) is 13.0 Å². The van der Waals surface area contributed by atoms with Crippen LogP contribution in [0.15, 0.2) is 57.0 Å². The number of benzene rings is 1. The summed E-state index contributed by atoms with van der Waals surface area (Å²) in [5.41, 5.74) is 0.520. The van der Waals surface area contributed by atoms with Gasteiger partial charge in [0, 0.05) is 11.4 Å². The molecule has 0 aliphatic heterocycles. The Balaban J connectivity index is 2.26. The molecular weight excluding hydrogens is 445 g/mol. The molecule has 0 unspecified atom stereocenters. The van der Waals surface area contributed by atoms with Crippen LogP contribution in [0.3, 0.4) is 0 Å². The average molecular weight is 465 g/mol. The number of halogens is 3. The van der Waals surface area contributed by atoms with E-state index < -0.39 is 26.5 Å². The number of aromatic nitrogens is 1. The second kappa shape index (κ2) is 8.36. The Morgan fingerprint density at radius 3 is 2.42 bits per heavy atom. The number of alkyl halides is 3. The van der Waals surface area contributed by atoms with E-state index in [9.17, 15) is 26.9 Å². The normalized spacial score (nSPS) is 12.9. The first-order valence-corrected chi connectivity index (χ1v) is 11.6. The number of nitrogens with zero attached hydrogens (tertiary/aromatic N) is 2. The molecule has 9 heteroatoms. The molecule has 0 aliphatic carbocycles. The van der Waals surface area contributed by atoms with E-state index in [4.69, 9.17) is 0 Å². The molecule has 0 saturated heterocycles. The third-order valence-electron chi connectivity index (χ3n) is 4.80. The maximum Gasteiger partial charge on any atom is 0.418 e. The molecule has 0 N–H and O–H groups in total. The van der Waals surface area contributed by atoms with E-state index in [1.165, 1.54) is 34.9 Å². The minimum absolute atomic E-state index is 0.0314. The largest absolute Gasteiger partial charge is 0.418 e. The number of nitriles is 1. The van der Waals surface area contributed by atoms with E-state index in [1.807, 2.05) is 13.8 Å². The van der Waals surface area contributed by atoms with Crippen molar-refractivity contribution in [1.82, 2.24) is 4.57 Å². The Kier molecular flexibility index (Phi) is 6.16. The smallest absolute Gasteiger partial charge is 0.317 e. The van der Waals surface area contributed by atoms with Gasteiger partial charge in [-0.2, -0.15) is 18.4 Å². The van der Waals surface area contributed by atoms with Gasteiger partial charge in [-0.15, -0.1) is 11.3 Å². The van der Waals surface area contributed by atoms with Crippen molar-refractivity contribution in [1.29, 1.82) is 5.26 Å². The standard InChI is InChI=1S/C22H19F3N2O2S2/c1-14(2)20-12-16(11-17(13-26)31(28,29)21-9-6-10-30-21)15(3)27(20)19-8-5-4-7-18(19)22(23,24)25/h4-12,14H,1-3H3/b17-11+. The van der Waals surface area contributed by atoms with Crippen molar-refractivity contribution < 1.29 is 21.6 Å². The van der Waals surface area contributed by atoms with Crippen molar-refractivity contribution in [3.05, 3.63) is 75.3 Å². The summed E-state index contributed by atoms with van der Waals surface area (Å²) >= 11 is 0.993. The van der Waals surface area contributed by atoms with Gasteiger partial charge in [-0.3, -0.25) is 0 Å². The molecule has 0 radical (unpaired) electrons. The van der Waals surface area contributed by atoms with Crippen LogP contribution in [0.2, 0.25) is 0 Å². The van der Waals surface area contributed by atoms with Crippen molar-refractivity contribution >= 4 is 27.3 Å². The van der Waals surface area contributed by atoms with Gasteiger partial charge < -0.3 is 4.57 Å². The highest BCUT2D eigenvalue weighted by molar-refractivity contribution is 7.97. The SMILES string of the molecule is Cc1c(/C=C(\C#N)S(=O)(=O)c2cccs2)cc(C(C)C)n1-c1ccccc1C(F)(F)F. The Bertz CT molecular complexity index is 1280. The molecule has 0 bridgehead atoms. The summed E-state index contributed by atoms with van der Waals surface area (Å²) in [6.45, 7) is 5.28. The maximum absolute atomic E-state index is 13.6. The zero-order chi connectivity index (χ0) is 23.0. The molecule has 4 nitrogen and oxygen atoms in total. The molecule has 3 aromatic rings. The van der Waals surface area contributed by atoms with Crippen LogP contribution < -0.4 is 0 Å². The lowest BCUT2D eigenvalue weighted by molar-refractivity contribution is -0.137. The zero-order valence-electron chi connectivity index (χ0n) is 16.9. The topological polar surface area (TPSA) is 62.9 Å². The number of hydrogen-bond donors (Lipinski definition) is 0. The summed E-state index contributed by atoms with van der Waals surface area (Å²) in [5.74, 6) is -0.151. The number of allylic oxidation sites excluding steroid dienone is 1. The van der Waals surface area contributed by atoms with E-state index in [2.05, 4.69) is 0 Å². The summed E-state index contributed by atoms with van der Waals surface area (Å²) < 4.78 is 68.0. The Labute approximate surface area is 182 Å². The molecule has 3 rings (SSSR count). The first kappa shape index (κ1) is 22.8. The second-order valence-corrected chi connectivity index (χ2v) is 10.3. The van der Waals surface area contributed by atoms with Crippen molar-refractivity contribution in [2.45, 2.75) is 37.1 Å². The molecule has 0 saturated carbocycles. The highest BCUT2D eigenvalue weighted by atomic mass is 32.2. The van der Waals surface area contributed by atoms with Gasteiger partial charge in [-0.05, 0) is 54.1 Å². The zero-order valence-corrected chi connectivity index (χ0v) is 18.6. The summed E-state index contributed by atoms with van der Waals surface area (Å²) in [4.78, 5) is -0.463. The number of rotatable bonds is 5. The predicted octanol–water partition coefficient (Wildman–Crippen LogP) is 6.33. The molecule has 2 aromatic heterocycles. The summed E-state index contributed by atoms with van der Waals surface area (Å²) in [6.07, 6.45) is -3.33. The predicted molar refractivity (Wildman–Crippen MR) is 115 cm³/mol. The van der Waals surface area contributed by atoms with Crippen LogP contribution in [0.1, 0.15) is 42.3 Å². The lowest BCUT2D eigenvalue weighted by Gasteiger charge is -2.19. The third kappa shape index (κ3) is 4.31. The van der Waals surface area contributed by atoms with E-state index in [-0.39, 0.29) is 15.8 Å². The molecule has 1 aromatic carbocycles. The van der Waals surface area contributed by atoms with Gasteiger partial charge in [0.25, 0.3) is 0 Å². The average Bonchev–Trinajstić information content (AvgIpc) is 3.34. The minimum atomic E-state index is -4.56. The van der Waals surface area contributed by atoms with Crippen LogP contribution in [0, 0.1) is 18.3 Å². The van der Waals surface area contributed by atoms with Crippen LogP contribution in [0.25, 0.3) is 11.8 Å². The summed E-state index contributed by atoms with van der Waals surface area (Å²) in [5, 5.41) is 11.1. The molecule has 0 fully saturated rings. The Hall–Kier alpha value is -2.83. The van der Waals surface area contributed by atoms with Crippen LogP contribution in [0.4, 0.5) is 13.2 Å². The van der Waals surface area contributed by atoms with Crippen LogP contribution >= 0.6 is 11.3 Å². The highest BCUT2D eigenvalue weighted by Gasteiger charge is 2.34. The second-order valence-electron chi connectivity index (χ2n) is 7.17. The fourth-order valence-corrected chi connectivity index (χ4v) is 5.55. The van der Waals surface area contributed by atoms with Crippen molar-refractivity contribution in [2.75, 3.05) is 0 Å². The van der Waals surface area contributed by atoms with Gasteiger partial charge in [0.1, 0.15) is 10.3 Å². The summed E-state index contributed by atoms with van der Waals surface area (Å²) in [7, 11) is -4.01. The minimum Gasteiger partial charge on any atom is -0.317 e. The Morgan fingerprint density at radius 1 is 1.19 bits per heavy atom. The van der Waals surface area contributed by atoms with E-state index in [1.54, 1.807) is 30.5 Å². The number of hydrogen-bond acceptors (Lipinski definition) is 4. The molecule has 2 heterocycles. The van der Waals surface area contributed by atoms with Crippen LogP contribution in [-0.2, 0) is 16.0 Å². The lowest BCUT2D eigenvalue weighted by atomic mass is 10.1. The van der Waals surface area contributed by atoms with Crippen molar-refractivity contribution in [3.8, 4) is 11.8 Å². The lowest BCUT2D eigenvalue weighted by Crippen LogP contribution is -2.13. The van der Waals surface area contributed by atoms with Crippen molar-refractivity contribution in [3.63, 3.8) is 0 Å². The van der Waals surface area contributed by atoms with Gasteiger partial charge in [0.15, 0.2) is 4.91 Å². The van der Waals surface area contributed by atoms with E-state index in [0.717, 1.165) is 17.4 Å². The fourth-order valence-electron chi connectivity index (χ4n) is 3.29. The monoisotopic (exact) mass is 464 g/mol.